The van der Waals surface area contributed by atoms with Crippen molar-refractivity contribution < 1.29 is 9.90 Å². The van der Waals surface area contributed by atoms with E-state index in [4.69, 9.17) is 5.11 Å². The molecule has 1 N–H and O–H groups in total. The molecule has 80 valence electrons. The van der Waals surface area contributed by atoms with Gasteiger partial charge in [0.05, 0.1) is 5.92 Å². The van der Waals surface area contributed by atoms with Gasteiger partial charge in [0, 0.05) is 12.6 Å². The highest BCUT2D eigenvalue weighted by Gasteiger charge is 2.35. The van der Waals surface area contributed by atoms with Crippen LogP contribution >= 0.6 is 0 Å². The highest BCUT2D eigenvalue weighted by atomic mass is 16.4. The second kappa shape index (κ2) is 3.89. The molecule has 2 atom stereocenters. The van der Waals surface area contributed by atoms with Gasteiger partial charge in [-0.2, -0.15) is 0 Å². The fraction of sp³-hybridized carbons (Fsp3) is 0.909. The number of nitrogens with zero attached hydrogens (tertiary/aromatic N) is 1. The predicted molar refractivity (Wildman–Crippen MR) is 54.1 cm³/mol. The lowest BCUT2D eigenvalue weighted by Gasteiger charge is -2.30. The summed E-state index contributed by atoms with van der Waals surface area (Å²) in [5, 5.41) is 8.93. The molecule has 3 heteroatoms. The monoisotopic (exact) mass is 197 g/mol. The minimum absolute atomic E-state index is 0.120. The number of aliphatic carboxylic acids is 1. The van der Waals surface area contributed by atoms with Crippen LogP contribution in [0.25, 0.3) is 0 Å². The Morgan fingerprint density at radius 3 is 2.64 bits per heavy atom. The summed E-state index contributed by atoms with van der Waals surface area (Å²) >= 11 is 0. The van der Waals surface area contributed by atoms with Crippen molar-refractivity contribution in [3.8, 4) is 0 Å². The number of hydrogen-bond donors (Lipinski definition) is 1. The second-order valence-electron chi connectivity index (χ2n) is 4.90. The molecule has 3 nitrogen and oxygen atoms in total. The molecular formula is C11H19NO2. The normalized spacial score (nSPS) is 34.4. The third-order valence-corrected chi connectivity index (χ3v) is 3.87. The van der Waals surface area contributed by atoms with Crippen LogP contribution in [0.4, 0.5) is 0 Å². The van der Waals surface area contributed by atoms with E-state index in [2.05, 4.69) is 11.9 Å². The summed E-state index contributed by atoms with van der Waals surface area (Å²) in [6, 6.07) is 0.529. The maximum Gasteiger partial charge on any atom is 0.307 e. The summed E-state index contributed by atoms with van der Waals surface area (Å²) < 4.78 is 0. The van der Waals surface area contributed by atoms with Crippen molar-refractivity contribution >= 4 is 5.97 Å². The molecule has 14 heavy (non-hydrogen) atoms. The topological polar surface area (TPSA) is 40.5 Å². The van der Waals surface area contributed by atoms with Gasteiger partial charge in [-0.15, -0.1) is 0 Å². The molecule has 1 aliphatic carbocycles. The Labute approximate surface area is 85.1 Å². The minimum atomic E-state index is -0.618. The minimum Gasteiger partial charge on any atom is -0.481 e. The van der Waals surface area contributed by atoms with E-state index in [9.17, 15) is 4.79 Å². The lowest BCUT2D eigenvalue weighted by molar-refractivity contribution is -0.141. The van der Waals surface area contributed by atoms with Crippen LogP contribution in [0.5, 0.6) is 0 Å². The Bertz CT molecular complexity index is 225. The maximum atomic E-state index is 10.8. The van der Waals surface area contributed by atoms with Gasteiger partial charge < -0.3 is 10.0 Å². The Morgan fingerprint density at radius 1 is 1.50 bits per heavy atom. The summed E-state index contributed by atoms with van der Waals surface area (Å²) in [5.41, 5.74) is 0. The lowest BCUT2D eigenvalue weighted by Crippen LogP contribution is -2.29. The zero-order valence-corrected chi connectivity index (χ0v) is 8.78. The molecule has 2 fully saturated rings. The first kappa shape index (κ1) is 9.97. The van der Waals surface area contributed by atoms with Gasteiger partial charge >= 0.3 is 5.97 Å². The van der Waals surface area contributed by atoms with Crippen molar-refractivity contribution in [2.45, 2.75) is 38.1 Å². The maximum absolute atomic E-state index is 10.8. The third kappa shape index (κ3) is 1.92. The van der Waals surface area contributed by atoms with Gasteiger partial charge in [-0.25, -0.2) is 0 Å². The fourth-order valence-corrected chi connectivity index (χ4v) is 2.65. The summed E-state index contributed by atoms with van der Waals surface area (Å²) in [5.74, 6) is 0.146. The van der Waals surface area contributed by atoms with Crippen molar-refractivity contribution in [3.05, 3.63) is 0 Å². The first-order valence-corrected chi connectivity index (χ1v) is 5.60. The molecular weight excluding hydrogens is 178 g/mol. The zero-order chi connectivity index (χ0) is 10.1. The zero-order valence-electron chi connectivity index (χ0n) is 8.78. The number of carbonyl (C=O) groups is 1. The largest absolute Gasteiger partial charge is 0.481 e. The Hall–Kier alpha value is -0.570. The van der Waals surface area contributed by atoms with Crippen molar-refractivity contribution in [2.24, 2.45) is 11.8 Å². The Balaban J connectivity index is 1.84. The molecule has 0 bridgehead atoms. The average Bonchev–Trinajstić information content (AvgIpc) is 2.40. The van der Waals surface area contributed by atoms with Gasteiger partial charge in [-0.05, 0) is 25.8 Å². The van der Waals surface area contributed by atoms with E-state index < -0.39 is 5.97 Å². The highest BCUT2D eigenvalue weighted by molar-refractivity contribution is 5.70. The standard InChI is InChI=1S/C11H19NO2/c1-12-7-9(11(13)14)6-10(12)5-8-3-2-4-8/h8-10H,2-7H2,1H3,(H,13,14). The molecule has 0 aromatic heterocycles. The molecule has 0 aromatic carbocycles. The fourth-order valence-electron chi connectivity index (χ4n) is 2.65. The molecule has 0 radical (unpaired) electrons. The molecule has 1 saturated heterocycles. The van der Waals surface area contributed by atoms with E-state index in [-0.39, 0.29) is 5.92 Å². The smallest absolute Gasteiger partial charge is 0.307 e. The van der Waals surface area contributed by atoms with Crippen LogP contribution in [0, 0.1) is 11.8 Å². The van der Waals surface area contributed by atoms with Crippen molar-refractivity contribution in [1.82, 2.24) is 4.90 Å². The average molecular weight is 197 g/mol. The van der Waals surface area contributed by atoms with Crippen LogP contribution in [-0.2, 0) is 4.79 Å². The quantitative estimate of drug-likeness (QED) is 0.746. The lowest BCUT2D eigenvalue weighted by atomic mass is 9.80. The first-order chi connectivity index (χ1) is 6.66. The van der Waals surface area contributed by atoms with E-state index in [0.717, 1.165) is 18.9 Å². The Morgan fingerprint density at radius 2 is 2.21 bits per heavy atom. The summed E-state index contributed by atoms with van der Waals surface area (Å²) in [4.78, 5) is 13.1. The SMILES string of the molecule is CN1CC(C(=O)O)CC1CC1CCC1. The van der Waals surface area contributed by atoms with E-state index in [1.807, 2.05) is 0 Å². The van der Waals surface area contributed by atoms with Gasteiger partial charge in [0.2, 0.25) is 0 Å². The second-order valence-corrected chi connectivity index (χ2v) is 4.90. The van der Waals surface area contributed by atoms with E-state index in [1.165, 1.54) is 25.7 Å². The Kier molecular flexibility index (Phi) is 2.77. The van der Waals surface area contributed by atoms with Crippen molar-refractivity contribution in [1.29, 1.82) is 0 Å². The summed E-state index contributed by atoms with van der Waals surface area (Å²) in [7, 11) is 2.06. The molecule has 2 rings (SSSR count). The molecule has 1 saturated carbocycles. The number of rotatable bonds is 3. The molecule has 2 unspecified atom stereocenters. The van der Waals surface area contributed by atoms with Crippen LogP contribution in [0.15, 0.2) is 0 Å². The van der Waals surface area contributed by atoms with Gasteiger partial charge in [0.15, 0.2) is 0 Å². The van der Waals surface area contributed by atoms with Crippen LogP contribution < -0.4 is 0 Å². The predicted octanol–water partition coefficient (Wildman–Crippen LogP) is 1.58. The molecule has 0 spiro atoms. The number of hydrogen-bond acceptors (Lipinski definition) is 2. The van der Waals surface area contributed by atoms with Crippen LogP contribution in [0.3, 0.4) is 0 Å². The van der Waals surface area contributed by atoms with E-state index in [1.54, 1.807) is 0 Å². The van der Waals surface area contributed by atoms with Gasteiger partial charge in [0.25, 0.3) is 0 Å². The van der Waals surface area contributed by atoms with Crippen LogP contribution in [0.1, 0.15) is 32.1 Å². The number of carboxylic acid groups (broad SMARTS) is 1. The van der Waals surface area contributed by atoms with E-state index in [0.29, 0.717) is 6.04 Å². The summed E-state index contributed by atoms with van der Waals surface area (Å²) in [6.45, 7) is 0.743. The van der Waals surface area contributed by atoms with Gasteiger partial charge in [-0.1, -0.05) is 19.3 Å². The van der Waals surface area contributed by atoms with Crippen LogP contribution in [-0.4, -0.2) is 35.6 Å². The molecule has 1 heterocycles. The van der Waals surface area contributed by atoms with Crippen LogP contribution in [0.2, 0.25) is 0 Å². The molecule has 1 aliphatic heterocycles. The number of likely N-dealkylation sites (tertiary alicyclic amines) is 1. The van der Waals surface area contributed by atoms with E-state index >= 15 is 0 Å². The van der Waals surface area contributed by atoms with Crippen molar-refractivity contribution in [2.75, 3.05) is 13.6 Å². The number of carboxylic acids is 1. The molecule has 0 aromatic rings. The highest BCUT2D eigenvalue weighted by Crippen LogP contribution is 2.35. The molecule has 0 amide bonds. The van der Waals surface area contributed by atoms with Gasteiger partial charge in [-0.3, -0.25) is 4.79 Å². The first-order valence-electron chi connectivity index (χ1n) is 5.60. The summed E-state index contributed by atoms with van der Waals surface area (Å²) in [6.07, 6.45) is 6.19. The molecule has 2 aliphatic rings. The van der Waals surface area contributed by atoms with Gasteiger partial charge in [0.1, 0.15) is 0 Å². The third-order valence-electron chi connectivity index (χ3n) is 3.87. The van der Waals surface area contributed by atoms with Crippen molar-refractivity contribution in [3.63, 3.8) is 0 Å².